The highest BCUT2D eigenvalue weighted by Gasteiger charge is 2.38. The molecule has 0 saturated carbocycles. The minimum Gasteiger partial charge on any atom is -0.480 e. The summed E-state index contributed by atoms with van der Waals surface area (Å²) in [7, 11) is -0.0958. The number of carboxylic acid groups (broad SMARTS) is 3. The van der Waals surface area contributed by atoms with Crippen LogP contribution in [0.15, 0.2) is 24.3 Å². The average Bonchev–Trinajstić information content (AvgIpc) is 3.55. The molecule has 1 aromatic rings. The molecule has 2 aliphatic heterocycles. The predicted octanol–water partition coefficient (Wildman–Crippen LogP) is -2.75. The largest absolute Gasteiger partial charge is 0.480 e. The van der Waals surface area contributed by atoms with Gasteiger partial charge in [-0.3, -0.25) is 48.4 Å². The standard InChI is InChI=1S/C31H48BN7O11/c1-22(31(48)39-9-3-4-25(39)32(49)50)33-30(47)23-5-7-24(8-6-23)34(2)26(40)18-35-10-12-36(19-27(41)42)14-16-38(21-29(45)46)17-15-37(13-11-35)20-28(43)44/h5-8,22,25,49-50H,3-4,9-21H2,1-2H3,(H,33,47)(H,41,42)(H,43,44)(H,45,46)/t22-,25+/m1/s1. The number of benzene rings is 1. The molecule has 0 aliphatic carbocycles. The Bertz CT molecular complexity index is 1320. The second-order valence-corrected chi connectivity index (χ2v) is 12.6. The van der Waals surface area contributed by atoms with Gasteiger partial charge in [0.1, 0.15) is 6.04 Å². The number of carboxylic acids is 3. The van der Waals surface area contributed by atoms with E-state index in [0.29, 0.717) is 25.1 Å². The van der Waals surface area contributed by atoms with Crippen molar-refractivity contribution >= 4 is 48.4 Å². The second kappa shape index (κ2) is 19.3. The molecule has 0 unspecified atom stereocenters. The molecule has 0 aromatic heterocycles. The Morgan fingerprint density at radius 1 is 0.740 bits per heavy atom. The van der Waals surface area contributed by atoms with Gasteiger partial charge in [0.05, 0.1) is 32.1 Å². The quantitative estimate of drug-likeness (QED) is 0.114. The first-order valence-corrected chi connectivity index (χ1v) is 16.5. The Morgan fingerprint density at radius 3 is 1.56 bits per heavy atom. The lowest BCUT2D eigenvalue weighted by Gasteiger charge is -2.33. The number of likely N-dealkylation sites (N-methyl/N-ethyl adjacent to an activating group) is 1. The number of carbonyl (C=O) groups excluding carboxylic acids is 3. The molecule has 2 fully saturated rings. The fourth-order valence-corrected chi connectivity index (χ4v) is 6.03. The van der Waals surface area contributed by atoms with E-state index in [-0.39, 0.29) is 90.0 Å². The van der Waals surface area contributed by atoms with Crippen LogP contribution >= 0.6 is 0 Å². The monoisotopic (exact) mass is 705 g/mol. The van der Waals surface area contributed by atoms with Crippen LogP contribution in [0.5, 0.6) is 0 Å². The number of hydrogen-bond donors (Lipinski definition) is 6. The zero-order valence-corrected chi connectivity index (χ0v) is 28.5. The summed E-state index contributed by atoms with van der Waals surface area (Å²) >= 11 is 0. The van der Waals surface area contributed by atoms with Crippen molar-refractivity contribution < 1.29 is 54.1 Å². The van der Waals surface area contributed by atoms with Crippen molar-refractivity contribution in [3.8, 4) is 0 Å². The lowest BCUT2D eigenvalue weighted by molar-refractivity contribution is -0.140. The summed E-state index contributed by atoms with van der Waals surface area (Å²) in [6.07, 6.45) is 1.08. The molecule has 1 aromatic carbocycles. The van der Waals surface area contributed by atoms with E-state index in [0.717, 1.165) is 0 Å². The molecule has 2 heterocycles. The van der Waals surface area contributed by atoms with E-state index >= 15 is 0 Å². The zero-order chi connectivity index (χ0) is 37.0. The molecular weight excluding hydrogens is 657 g/mol. The van der Waals surface area contributed by atoms with Crippen LogP contribution in [0.1, 0.15) is 30.1 Å². The van der Waals surface area contributed by atoms with E-state index in [4.69, 9.17) is 0 Å². The fraction of sp³-hybridized carbons (Fsp3) is 0.613. The third-order valence-corrected chi connectivity index (χ3v) is 8.90. The van der Waals surface area contributed by atoms with Crippen molar-refractivity contribution in [3.05, 3.63) is 29.8 Å². The fourth-order valence-electron chi connectivity index (χ4n) is 6.03. The molecule has 0 spiro atoms. The average molecular weight is 706 g/mol. The highest BCUT2D eigenvalue weighted by atomic mass is 16.4. The van der Waals surface area contributed by atoms with Gasteiger partial charge in [-0.05, 0) is 44.0 Å². The number of anilines is 1. The van der Waals surface area contributed by atoms with Gasteiger partial charge < -0.3 is 40.5 Å². The van der Waals surface area contributed by atoms with E-state index in [1.807, 2.05) is 4.90 Å². The molecule has 276 valence electrons. The Labute approximate surface area is 290 Å². The third kappa shape index (κ3) is 12.6. The van der Waals surface area contributed by atoms with Gasteiger partial charge in [0.15, 0.2) is 0 Å². The van der Waals surface area contributed by atoms with Gasteiger partial charge in [-0.2, -0.15) is 0 Å². The maximum Gasteiger partial charge on any atom is 0.475 e. The van der Waals surface area contributed by atoms with E-state index in [2.05, 4.69) is 5.32 Å². The van der Waals surface area contributed by atoms with Crippen molar-refractivity contribution in [2.45, 2.75) is 31.7 Å². The van der Waals surface area contributed by atoms with Crippen molar-refractivity contribution in [2.24, 2.45) is 0 Å². The van der Waals surface area contributed by atoms with Crippen molar-refractivity contribution in [1.29, 1.82) is 0 Å². The summed E-state index contributed by atoms with van der Waals surface area (Å²) in [6, 6.07) is 5.28. The molecule has 3 rings (SSSR count). The molecule has 0 bridgehead atoms. The number of nitrogens with one attached hydrogen (secondary N) is 1. The van der Waals surface area contributed by atoms with Crippen LogP contribution in [0.4, 0.5) is 5.69 Å². The zero-order valence-electron chi connectivity index (χ0n) is 28.5. The number of carbonyl (C=O) groups is 6. The first-order chi connectivity index (χ1) is 23.6. The Hall–Kier alpha value is -4.14. The molecule has 2 atom stereocenters. The van der Waals surface area contributed by atoms with E-state index < -0.39 is 48.8 Å². The molecular formula is C31H48BN7O11. The number of amides is 3. The summed E-state index contributed by atoms with van der Waals surface area (Å²) < 4.78 is 0. The number of likely N-dealkylation sites (tertiary alicyclic amines) is 1. The first-order valence-electron chi connectivity index (χ1n) is 16.5. The highest BCUT2D eigenvalue weighted by Crippen LogP contribution is 2.20. The summed E-state index contributed by atoms with van der Waals surface area (Å²) in [4.78, 5) is 83.3. The molecule has 0 radical (unpaired) electrons. The Kier molecular flexibility index (Phi) is 15.6. The summed E-state index contributed by atoms with van der Waals surface area (Å²) in [5.74, 6) is -5.10. The molecule has 2 saturated heterocycles. The summed E-state index contributed by atoms with van der Waals surface area (Å²) in [5, 5.41) is 50.0. The maximum atomic E-state index is 13.4. The second-order valence-electron chi connectivity index (χ2n) is 12.6. The Morgan fingerprint density at radius 2 is 1.16 bits per heavy atom. The normalized spacial score (nSPS) is 19.5. The van der Waals surface area contributed by atoms with Gasteiger partial charge in [-0.15, -0.1) is 0 Å². The SMILES string of the molecule is C[C@@H](NC(=O)c1ccc(N(C)C(=O)CN2CCN(CC(=O)O)CCN(CC(=O)O)CCN(CC(=O)O)CC2)cc1)C(=O)N1CCC[C@H]1B(O)O. The van der Waals surface area contributed by atoms with Crippen LogP contribution in [0.25, 0.3) is 0 Å². The van der Waals surface area contributed by atoms with Gasteiger partial charge in [0.2, 0.25) is 11.8 Å². The molecule has 18 nitrogen and oxygen atoms in total. The number of hydrogen-bond acceptors (Lipinski definition) is 12. The third-order valence-electron chi connectivity index (χ3n) is 8.90. The van der Waals surface area contributed by atoms with Crippen molar-refractivity contribution in [3.63, 3.8) is 0 Å². The molecule has 6 N–H and O–H groups in total. The lowest BCUT2D eigenvalue weighted by atomic mass is 9.78. The first kappa shape index (κ1) is 40.3. The smallest absolute Gasteiger partial charge is 0.475 e. The summed E-state index contributed by atoms with van der Waals surface area (Å²) in [5.41, 5.74) is 0.733. The van der Waals surface area contributed by atoms with Gasteiger partial charge >= 0.3 is 25.0 Å². The van der Waals surface area contributed by atoms with E-state index in [1.54, 1.807) is 33.9 Å². The van der Waals surface area contributed by atoms with Gasteiger partial charge in [-0.25, -0.2) is 0 Å². The number of aliphatic carboxylic acids is 3. The molecule has 50 heavy (non-hydrogen) atoms. The molecule has 3 amide bonds. The van der Waals surface area contributed by atoms with E-state index in [1.165, 1.54) is 28.9 Å². The lowest BCUT2D eigenvalue weighted by Crippen LogP contribution is -2.52. The highest BCUT2D eigenvalue weighted by molar-refractivity contribution is 6.43. The van der Waals surface area contributed by atoms with Crippen molar-refractivity contribution in [1.82, 2.24) is 29.8 Å². The molecule has 19 heteroatoms. The predicted molar refractivity (Wildman–Crippen MR) is 180 cm³/mol. The van der Waals surface area contributed by atoms with Gasteiger partial charge in [-0.1, -0.05) is 0 Å². The topological polar surface area (TPSA) is 235 Å². The van der Waals surface area contributed by atoms with Gasteiger partial charge in [0, 0.05) is 77.2 Å². The van der Waals surface area contributed by atoms with Crippen LogP contribution in [0.3, 0.4) is 0 Å². The van der Waals surface area contributed by atoms with Crippen LogP contribution in [0, 0.1) is 0 Å². The Balaban J connectivity index is 1.65. The van der Waals surface area contributed by atoms with Crippen LogP contribution in [-0.2, 0) is 24.0 Å². The number of nitrogens with zero attached hydrogens (tertiary/aromatic N) is 6. The van der Waals surface area contributed by atoms with E-state index in [9.17, 15) is 54.1 Å². The number of rotatable bonds is 13. The van der Waals surface area contributed by atoms with Crippen LogP contribution in [-0.4, -0.2) is 197 Å². The van der Waals surface area contributed by atoms with Gasteiger partial charge in [0.25, 0.3) is 5.91 Å². The van der Waals surface area contributed by atoms with Crippen LogP contribution in [0.2, 0.25) is 0 Å². The maximum absolute atomic E-state index is 13.4. The minimum atomic E-state index is -1.67. The van der Waals surface area contributed by atoms with Crippen molar-refractivity contribution in [2.75, 3.05) is 97.0 Å². The molecule has 2 aliphatic rings. The van der Waals surface area contributed by atoms with Crippen LogP contribution < -0.4 is 10.2 Å². The minimum absolute atomic E-state index is 0.0641. The summed E-state index contributed by atoms with van der Waals surface area (Å²) in [6.45, 7) is 3.18.